The molecular weight excluding hydrogens is 264 g/mol. The molecule has 21 heavy (non-hydrogen) atoms. The van der Waals surface area contributed by atoms with Gasteiger partial charge in [0, 0.05) is 19.5 Å². The molecule has 0 aliphatic rings. The summed E-state index contributed by atoms with van der Waals surface area (Å²) in [4.78, 5) is 13.4. The summed E-state index contributed by atoms with van der Waals surface area (Å²) in [7, 11) is 0. The Labute approximate surface area is 128 Å². The quantitative estimate of drug-likeness (QED) is 0.396. The predicted octanol–water partition coefficient (Wildman–Crippen LogP) is 2.86. The van der Waals surface area contributed by atoms with Crippen LogP contribution in [0.2, 0.25) is 0 Å². The lowest BCUT2D eigenvalue weighted by molar-refractivity contribution is -0.129. The molecule has 4 nitrogen and oxygen atoms in total. The molecule has 0 aromatic heterocycles. The number of rotatable bonds is 10. The molecule has 0 spiro atoms. The van der Waals surface area contributed by atoms with Crippen molar-refractivity contribution >= 4 is 5.91 Å². The Morgan fingerprint density at radius 3 is 2.52 bits per heavy atom. The summed E-state index contributed by atoms with van der Waals surface area (Å²) in [6.07, 6.45) is 3.74. The lowest BCUT2D eigenvalue weighted by atomic mass is 10.1. The van der Waals surface area contributed by atoms with Crippen LogP contribution < -0.4 is 5.48 Å². The zero-order chi connectivity index (χ0) is 15.5. The van der Waals surface area contributed by atoms with Crippen LogP contribution in [0.4, 0.5) is 0 Å². The highest BCUT2D eigenvalue weighted by Gasteiger charge is 2.09. The second kappa shape index (κ2) is 10.4. The van der Waals surface area contributed by atoms with Gasteiger partial charge >= 0.3 is 0 Å². The van der Waals surface area contributed by atoms with Crippen LogP contribution in [-0.4, -0.2) is 35.6 Å². The third-order valence-corrected chi connectivity index (χ3v) is 3.44. The van der Waals surface area contributed by atoms with E-state index in [1.807, 2.05) is 6.07 Å². The third kappa shape index (κ3) is 8.48. The minimum absolute atomic E-state index is 0.312. The van der Waals surface area contributed by atoms with Crippen molar-refractivity contribution in [2.75, 3.05) is 19.6 Å². The molecule has 0 radical (unpaired) electrons. The summed E-state index contributed by atoms with van der Waals surface area (Å²) >= 11 is 0. The van der Waals surface area contributed by atoms with Crippen molar-refractivity contribution in [3.63, 3.8) is 0 Å². The number of unbranched alkanes of at least 4 members (excludes halogenated alkanes) is 1. The van der Waals surface area contributed by atoms with Crippen LogP contribution in [0.3, 0.4) is 0 Å². The number of benzene rings is 1. The molecule has 0 aliphatic heterocycles. The largest absolute Gasteiger partial charge is 0.303 e. The Balaban J connectivity index is 2.26. The smallest absolute Gasteiger partial charge is 0.244 e. The van der Waals surface area contributed by atoms with E-state index in [4.69, 9.17) is 5.21 Å². The molecule has 1 amide bonds. The SMILES string of the molecule is CC(C)CN(CCCCc1ccccc1)CCC(=O)NO. The first-order valence-corrected chi connectivity index (χ1v) is 7.81. The van der Waals surface area contributed by atoms with Crippen molar-refractivity contribution in [1.29, 1.82) is 0 Å². The molecule has 0 bridgehead atoms. The first kappa shape index (κ1) is 17.7. The van der Waals surface area contributed by atoms with Gasteiger partial charge in [0.15, 0.2) is 0 Å². The highest BCUT2D eigenvalue weighted by molar-refractivity contribution is 5.74. The molecule has 0 atom stereocenters. The van der Waals surface area contributed by atoms with Crippen molar-refractivity contribution in [3.8, 4) is 0 Å². The first-order valence-electron chi connectivity index (χ1n) is 7.81. The number of nitrogens with zero attached hydrogens (tertiary/aromatic N) is 1. The van der Waals surface area contributed by atoms with E-state index < -0.39 is 0 Å². The van der Waals surface area contributed by atoms with E-state index in [0.717, 1.165) is 32.4 Å². The number of amides is 1. The number of carbonyl (C=O) groups is 1. The van der Waals surface area contributed by atoms with Crippen LogP contribution in [0.25, 0.3) is 0 Å². The third-order valence-electron chi connectivity index (χ3n) is 3.44. The van der Waals surface area contributed by atoms with E-state index >= 15 is 0 Å². The fourth-order valence-electron chi connectivity index (χ4n) is 2.44. The Hall–Kier alpha value is -1.39. The van der Waals surface area contributed by atoms with E-state index in [9.17, 15) is 4.79 Å². The van der Waals surface area contributed by atoms with Gasteiger partial charge in [0.1, 0.15) is 0 Å². The molecule has 0 aliphatic carbocycles. The van der Waals surface area contributed by atoms with Crippen molar-refractivity contribution in [2.24, 2.45) is 5.92 Å². The maximum atomic E-state index is 11.1. The molecule has 1 aromatic rings. The summed E-state index contributed by atoms with van der Waals surface area (Å²) in [6.45, 7) is 7.07. The van der Waals surface area contributed by atoms with Gasteiger partial charge in [-0.3, -0.25) is 10.0 Å². The van der Waals surface area contributed by atoms with Crippen molar-refractivity contribution in [2.45, 2.75) is 39.5 Å². The molecule has 0 saturated carbocycles. The molecule has 1 aromatic carbocycles. The molecule has 4 heteroatoms. The molecule has 0 fully saturated rings. The van der Waals surface area contributed by atoms with Gasteiger partial charge in [-0.25, -0.2) is 5.48 Å². The monoisotopic (exact) mass is 292 g/mol. The summed E-state index contributed by atoms with van der Waals surface area (Å²) in [6, 6.07) is 10.5. The van der Waals surface area contributed by atoms with E-state index in [1.54, 1.807) is 5.48 Å². The second-order valence-electron chi connectivity index (χ2n) is 5.92. The number of hydroxylamine groups is 1. The van der Waals surface area contributed by atoms with Gasteiger partial charge in [-0.15, -0.1) is 0 Å². The van der Waals surface area contributed by atoms with Crippen LogP contribution in [0.1, 0.15) is 38.7 Å². The number of nitrogens with one attached hydrogen (secondary N) is 1. The number of aryl methyl sites for hydroxylation is 1. The molecule has 2 N–H and O–H groups in total. The number of hydrogen-bond acceptors (Lipinski definition) is 3. The minimum atomic E-state index is -0.312. The van der Waals surface area contributed by atoms with Gasteiger partial charge in [-0.2, -0.15) is 0 Å². The minimum Gasteiger partial charge on any atom is -0.303 e. The molecule has 0 unspecified atom stereocenters. The van der Waals surface area contributed by atoms with Crippen LogP contribution in [0.15, 0.2) is 30.3 Å². The van der Waals surface area contributed by atoms with Crippen LogP contribution in [0.5, 0.6) is 0 Å². The Morgan fingerprint density at radius 2 is 1.90 bits per heavy atom. The van der Waals surface area contributed by atoms with Gasteiger partial charge in [0.05, 0.1) is 0 Å². The highest BCUT2D eigenvalue weighted by Crippen LogP contribution is 2.07. The molecule has 0 heterocycles. The first-order chi connectivity index (χ1) is 10.1. The van der Waals surface area contributed by atoms with Crippen molar-refractivity contribution < 1.29 is 10.0 Å². The Kier molecular flexibility index (Phi) is 8.71. The summed E-state index contributed by atoms with van der Waals surface area (Å²) in [5.74, 6) is 0.268. The average Bonchev–Trinajstić information content (AvgIpc) is 2.49. The zero-order valence-corrected chi connectivity index (χ0v) is 13.2. The average molecular weight is 292 g/mol. The summed E-state index contributed by atoms with van der Waals surface area (Å²) < 4.78 is 0. The van der Waals surface area contributed by atoms with E-state index in [2.05, 4.69) is 43.0 Å². The second-order valence-corrected chi connectivity index (χ2v) is 5.92. The normalized spacial score (nSPS) is 11.1. The maximum Gasteiger partial charge on any atom is 0.244 e. The van der Waals surface area contributed by atoms with Gasteiger partial charge in [0.2, 0.25) is 5.91 Å². The number of carbonyl (C=O) groups excluding carboxylic acids is 1. The lowest BCUT2D eigenvalue weighted by Crippen LogP contribution is -2.33. The van der Waals surface area contributed by atoms with Crippen LogP contribution in [-0.2, 0) is 11.2 Å². The van der Waals surface area contributed by atoms with Gasteiger partial charge < -0.3 is 4.90 Å². The van der Waals surface area contributed by atoms with E-state index in [1.165, 1.54) is 5.56 Å². The zero-order valence-electron chi connectivity index (χ0n) is 13.2. The Bertz CT molecular complexity index is 393. The topological polar surface area (TPSA) is 52.6 Å². The van der Waals surface area contributed by atoms with Gasteiger partial charge in [-0.1, -0.05) is 44.2 Å². The fourth-order valence-corrected chi connectivity index (χ4v) is 2.44. The molecule has 1 rings (SSSR count). The van der Waals surface area contributed by atoms with Gasteiger partial charge in [-0.05, 0) is 37.3 Å². The highest BCUT2D eigenvalue weighted by atomic mass is 16.5. The number of hydrogen-bond donors (Lipinski definition) is 2. The molecular formula is C17H28N2O2. The standard InChI is InChI=1S/C17H28N2O2/c1-15(2)14-19(13-11-17(20)18-21)12-7-6-10-16-8-4-3-5-9-16/h3-5,8-9,15,21H,6-7,10-14H2,1-2H3,(H,18,20). The van der Waals surface area contributed by atoms with Crippen LogP contribution in [0, 0.1) is 5.92 Å². The summed E-state index contributed by atoms with van der Waals surface area (Å²) in [5, 5.41) is 8.55. The van der Waals surface area contributed by atoms with Crippen molar-refractivity contribution in [3.05, 3.63) is 35.9 Å². The predicted molar refractivity (Wildman–Crippen MR) is 85.2 cm³/mol. The summed E-state index contributed by atoms with van der Waals surface area (Å²) in [5.41, 5.74) is 3.08. The lowest BCUT2D eigenvalue weighted by Gasteiger charge is -2.23. The molecule has 118 valence electrons. The van der Waals surface area contributed by atoms with Crippen LogP contribution >= 0.6 is 0 Å². The molecule has 0 saturated heterocycles. The van der Waals surface area contributed by atoms with E-state index in [-0.39, 0.29) is 5.91 Å². The Morgan fingerprint density at radius 1 is 1.19 bits per heavy atom. The van der Waals surface area contributed by atoms with Gasteiger partial charge in [0.25, 0.3) is 0 Å². The maximum absolute atomic E-state index is 11.1. The fraction of sp³-hybridized carbons (Fsp3) is 0.588. The van der Waals surface area contributed by atoms with Crippen molar-refractivity contribution in [1.82, 2.24) is 10.4 Å². The van der Waals surface area contributed by atoms with E-state index in [0.29, 0.717) is 18.9 Å².